The van der Waals surface area contributed by atoms with E-state index >= 15 is 0 Å². The van der Waals surface area contributed by atoms with Crippen molar-refractivity contribution in [2.75, 3.05) is 25.0 Å². The van der Waals surface area contributed by atoms with Crippen molar-refractivity contribution < 1.29 is 14.4 Å². The zero-order valence-corrected chi connectivity index (χ0v) is 16.5. The van der Waals surface area contributed by atoms with Crippen LogP contribution in [0, 0.1) is 6.92 Å². The number of carbonyl (C=O) groups is 3. The molecule has 152 valence electrons. The van der Waals surface area contributed by atoms with E-state index in [-0.39, 0.29) is 24.4 Å². The summed E-state index contributed by atoms with van der Waals surface area (Å²) in [5, 5.41) is 8.05. The minimum absolute atomic E-state index is 0.0584. The minimum Gasteiger partial charge on any atom is -0.349 e. The number of nitrogens with zero attached hydrogens (tertiary/aromatic N) is 1. The summed E-state index contributed by atoms with van der Waals surface area (Å²) in [6.07, 6.45) is 1.53. The average Bonchev–Trinajstić information content (AvgIpc) is 2.70. The lowest BCUT2D eigenvalue weighted by Gasteiger charge is -2.31. The molecule has 1 saturated heterocycles. The summed E-state index contributed by atoms with van der Waals surface area (Å²) >= 11 is 0. The molecular weight excluding hydrogens is 368 g/mol. The maximum absolute atomic E-state index is 12.4. The highest BCUT2D eigenvalue weighted by Crippen LogP contribution is 2.13. The highest BCUT2D eigenvalue weighted by Gasteiger charge is 2.23. The second-order valence-electron chi connectivity index (χ2n) is 7.21. The van der Waals surface area contributed by atoms with E-state index in [1.165, 1.54) is 0 Å². The Bertz CT molecular complexity index is 861. The van der Waals surface area contributed by atoms with Crippen LogP contribution in [-0.4, -0.2) is 48.4 Å². The monoisotopic (exact) mass is 394 g/mol. The maximum Gasteiger partial charge on any atom is 0.325 e. The zero-order valence-electron chi connectivity index (χ0n) is 16.5. The van der Waals surface area contributed by atoms with Crippen LogP contribution < -0.4 is 16.0 Å². The number of anilines is 1. The molecule has 1 aliphatic rings. The van der Waals surface area contributed by atoms with Gasteiger partial charge in [-0.15, -0.1) is 0 Å². The topological polar surface area (TPSA) is 90.5 Å². The number of hydrogen-bond acceptors (Lipinski definition) is 4. The first kappa shape index (κ1) is 20.5. The van der Waals surface area contributed by atoms with Crippen LogP contribution in [0.5, 0.6) is 0 Å². The van der Waals surface area contributed by atoms with E-state index in [4.69, 9.17) is 0 Å². The molecule has 0 unspecified atom stereocenters. The Morgan fingerprint density at radius 3 is 2.31 bits per heavy atom. The normalized spacial score (nSPS) is 14.8. The molecule has 7 heteroatoms. The van der Waals surface area contributed by atoms with Gasteiger partial charge in [0.2, 0.25) is 5.91 Å². The summed E-state index contributed by atoms with van der Waals surface area (Å²) in [4.78, 5) is 38.4. The first-order valence-corrected chi connectivity index (χ1v) is 9.76. The number of amides is 4. The molecule has 0 bridgehead atoms. The number of imide groups is 1. The van der Waals surface area contributed by atoms with Crippen LogP contribution in [0.25, 0.3) is 0 Å². The predicted molar refractivity (Wildman–Crippen MR) is 112 cm³/mol. The van der Waals surface area contributed by atoms with Gasteiger partial charge in [0.1, 0.15) is 0 Å². The number of likely N-dealkylation sites (tertiary alicyclic amines) is 1. The average molecular weight is 394 g/mol. The molecule has 0 atom stereocenters. The summed E-state index contributed by atoms with van der Waals surface area (Å²) in [5.74, 6) is -0.405. The highest BCUT2D eigenvalue weighted by atomic mass is 16.2. The van der Waals surface area contributed by atoms with Crippen LogP contribution in [0.4, 0.5) is 10.5 Å². The second kappa shape index (κ2) is 9.84. The Morgan fingerprint density at radius 1 is 0.966 bits per heavy atom. The number of urea groups is 1. The molecule has 1 aliphatic heterocycles. The first-order chi connectivity index (χ1) is 14.0. The van der Waals surface area contributed by atoms with E-state index < -0.39 is 6.03 Å². The van der Waals surface area contributed by atoms with Gasteiger partial charge < -0.3 is 10.6 Å². The van der Waals surface area contributed by atoms with Crippen molar-refractivity contribution >= 4 is 23.5 Å². The van der Waals surface area contributed by atoms with Crippen molar-refractivity contribution in [3.05, 3.63) is 65.7 Å². The smallest absolute Gasteiger partial charge is 0.325 e. The summed E-state index contributed by atoms with van der Waals surface area (Å²) in [6.45, 7) is 3.45. The number of benzene rings is 2. The Hall–Kier alpha value is -3.19. The SMILES string of the molecule is Cc1ccccc1C(=O)NC1CCN(CC(=O)NC(=O)Nc2ccccc2)CC1. The molecule has 3 N–H and O–H groups in total. The zero-order chi connectivity index (χ0) is 20.6. The van der Waals surface area contributed by atoms with Crippen molar-refractivity contribution in [1.82, 2.24) is 15.5 Å². The van der Waals surface area contributed by atoms with Crippen molar-refractivity contribution in [2.24, 2.45) is 0 Å². The van der Waals surface area contributed by atoms with E-state index in [1.54, 1.807) is 24.3 Å². The lowest BCUT2D eigenvalue weighted by molar-refractivity contribution is -0.121. The van der Waals surface area contributed by atoms with Crippen molar-refractivity contribution in [3.8, 4) is 0 Å². The summed E-state index contributed by atoms with van der Waals surface area (Å²) < 4.78 is 0. The van der Waals surface area contributed by atoms with Crippen molar-refractivity contribution in [2.45, 2.75) is 25.8 Å². The number of nitrogens with one attached hydrogen (secondary N) is 3. The molecule has 1 heterocycles. The fourth-order valence-corrected chi connectivity index (χ4v) is 3.38. The van der Waals surface area contributed by atoms with Gasteiger partial charge in [-0.2, -0.15) is 0 Å². The molecule has 2 aromatic rings. The van der Waals surface area contributed by atoms with Crippen LogP contribution >= 0.6 is 0 Å². The van der Waals surface area contributed by atoms with Gasteiger partial charge in [0.25, 0.3) is 5.91 Å². The van der Waals surface area contributed by atoms with Gasteiger partial charge in [0.15, 0.2) is 0 Å². The number of rotatable bonds is 5. The molecule has 0 aliphatic carbocycles. The lowest BCUT2D eigenvalue weighted by Crippen LogP contribution is -2.48. The number of piperidine rings is 1. The van der Waals surface area contributed by atoms with Crippen LogP contribution in [0.2, 0.25) is 0 Å². The molecule has 2 aromatic carbocycles. The summed E-state index contributed by atoms with van der Waals surface area (Å²) in [5.41, 5.74) is 2.27. The molecule has 7 nitrogen and oxygen atoms in total. The van der Waals surface area contributed by atoms with Crippen LogP contribution in [-0.2, 0) is 4.79 Å². The standard InChI is InChI=1S/C22H26N4O3/c1-16-7-5-6-10-19(16)21(28)23-18-11-13-26(14-12-18)15-20(27)25-22(29)24-17-8-3-2-4-9-17/h2-10,18H,11-15H2,1H3,(H,23,28)(H2,24,25,27,29). The van der Waals surface area contributed by atoms with E-state index in [0.717, 1.165) is 18.4 Å². The predicted octanol–water partition coefficient (Wildman–Crippen LogP) is 2.54. The lowest BCUT2D eigenvalue weighted by atomic mass is 10.0. The molecule has 0 saturated carbocycles. The van der Waals surface area contributed by atoms with Crippen LogP contribution in [0.1, 0.15) is 28.8 Å². The molecule has 0 radical (unpaired) electrons. The van der Waals surface area contributed by atoms with Crippen molar-refractivity contribution in [1.29, 1.82) is 0 Å². The van der Waals surface area contributed by atoms with E-state index in [0.29, 0.717) is 24.3 Å². The molecule has 0 spiro atoms. The van der Waals surface area contributed by atoms with Gasteiger partial charge in [-0.25, -0.2) is 4.79 Å². The Labute approximate surface area is 170 Å². The third-order valence-electron chi connectivity index (χ3n) is 4.96. The Kier molecular flexibility index (Phi) is 6.97. The van der Waals surface area contributed by atoms with Gasteiger partial charge in [-0.05, 0) is 43.5 Å². The molecule has 1 fully saturated rings. The Morgan fingerprint density at radius 2 is 1.62 bits per heavy atom. The van der Waals surface area contributed by atoms with Crippen LogP contribution in [0.15, 0.2) is 54.6 Å². The van der Waals surface area contributed by atoms with E-state index in [1.807, 2.05) is 42.2 Å². The third kappa shape index (κ3) is 6.15. The number of carbonyl (C=O) groups excluding carboxylic acids is 3. The Balaban J connectivity index is 1.39. The van der Waals surface area contributed by atoms with E-state index in [9.17, 15) is 14.4 Å². The summed E-state index contributed by atoms with van der Waals surface area (Å²) in [6, 6.07) is 16.0. The fourth-order valence-electron chi connectivity index (χ4n) is 3.38. The van der Waals surface area contributed by atoms with E-state index in [2.05, 4.69) is 16.0 Å². The molecule has 4 amide bonds. The van der Waals surface area contributed by atoms with Gasteiger partial charge >= 0.3 is 6.03 Å². The fraction of sp³-hybridized carbons (Fsp3) is 0.318. The highest BCUT2D eigenvalue weighted by molar-refractivity contribution is 6.01. The van der Waals surface area contributed by atoms with Gasteiger partial charge in [-0.1, -0.05) is 36.4 Å². The minimum atomic E-state index is -0.540. The molecule has 3 rings (SSSR count). The maximum atomic E-state index is 12.4. The number of hydrogen-bond donors (Lipinski definition) is 3. The van der Waals surface area contributed by atoms with Gasteiger partial charge in [0.05, 0.1) is 6.54 Å². The molecular formula is C22H26N4O3. The third-order valence-corrected chi connectivity index (χ3v) is 4.96. The summed E-state index contributed by atoms with van der Waals surface area (Å²) in [7, 11) is 0. The van der Waals surface area contributed by atoms with Crippen LogP contribution in [0.3, 0.4) is 0 Å². The molecule has 29 heavy (non-hydrogen) atoms. The number of para-hydroxylation sites is 1. The first-order valence-electron chi connectivity index (χ1n) is 9.76. The molecule has 0 aromatic heterocycles. The second-order valence-corrected chi connectivity index (χ2v) is 7.21. The number of aryl methyl sites for hydroxylation is 1. The largest absolute Gasteiger partial charge is 0.349 e. The van der Waals surface area contributed by atoms with Gasteiger partial charge in [0, 0.05) is 30.4 Å². The van der Waals surface area contributed by atoms with Crippen molar-refractivity contribution in [3.63, 3.8) is 0 Å². The quantitative estimate of drug-likeness (QED) is 0.727. The van der Waals surface area contributed by atoms with Gasteiger partial charge in [-0.3, -0.25) is 19.8 Å².